The van der Waals surface area contributed by atoms with Crippen LogP contribution in [0.25, 0.3) is 0 Å². The van der Waals surface area contributed by atoms with Gasteiger partial charge in [0.25, 0.3) is 5.56 Å². The maximum atomic E-state index is 12.0. The highest BCUT2D eigenvalue weighted by atomic mass is 31.2. The summed E-state index contributed by atoms with van der Waals surface area (Å²) in [5.74, 6) is 1.34. The number of aromatic amines is 1. The molecule has 2 heterocycles. The monoisotopic (exact) mass is 345 g/mol. The summed E-state index contributed by atoms with van der Waals surface area (Å²) in [6.07, 6.45) is 2.63. The summed E-state index contributed by atoms with van der Waals surface area (Å²) in [7, 11) is -0.670. The van der Waals surface area contributed by atoms with Crippen molar-refractivity contribution in [3.05, 3.63) is 45.0 Å². The molecule has 9 nitrogen and oxygen atoms in total. The number of nitrogens with one attached hydrogen (secondary N) is 2. The van der Waals surface area contributed by atoms with Crippen molar-refractivity contribution < 1.29 is 18.3 Å². The minimum atomic E-state index is -3.27. The normalized spacial score (nSPS) is 23.0. The average molecular weight is 345 g/mol. The first kappa shape index (κ1) is 17.8. The molecule has 2 unspecified atom stereocenters. The lowest BCUT2D eigenvalue weighted by atomic mass is 10.2. The molecule has 0 radical (unpaired) electrons. The quantitative estimate of drug-likeness (QED) is 0.744. The minimum Gasteiger partial charge on any atom is -0.349 e. The second kappa shape index (κ2) is 7.85. The van der Waals surface area contributed by atoms with E-state index in [1.165, 1.54) is 36.9 Å². The summed E-state index contributed by atoms with van der Waals surface area (Å²) in [6, 6.07) is 1.25. The fourth-order valence-electron chi connectivity index (χ4n) is 2.15. The molecule has 1 fully saturated rings. The van der Waals surface area contributed by atoms with E-state index in [2.05, 4.69) is 10.3 Å². The average Bonchev–Trinajstić information content (AvgIpc) is 2.78. The second-order valence-corrected chi connectivity index (χ2v) is 6.99. The molecule has 10 heteroatoms. The van der Waals surface area contributed by atoms with Crippen LogP contribution in [0, 0.1) is 0 Å². The van der Waals surface area contributed by atoms with Gasteiger partial charge in [-0.3, -0.25) is 18.9 Å². The molecule has 1 aliphatic rings. The SMILES string of the molecule is COP(=O)(/C=C/C1CCNCC(n2ccc(=O)[nH]c2=O)O1)OC. The molecule has 2 rings (SSSR count). The highest BCUT2D eigenvalue weighted by molar-refractivity contribution is 7.57. The number of ether oxygens (including phenoxy) is 1. The molecule has 23 heavy (non-hydrogen) atoms. The van der Waals surface area contributed by atoms with Crippen LogP contribution in [-0.4, -0.2) is 43.0 Å². The van der Waals surface area contributed by atoms with E-state index in [4.69, 9.17) is 13.8 Å². The van der Waals surface area contributed by atoms with Crippen molar-refractivity contribution in [2.75, 3.05) is 27.3 Å². The van der Waals surface area contributed by atoms with Gasteiger partial charge in [-0.1, -0.05) is 0 Å². The van der Waals surface area contributed by atoms with Crippen LogP contribution in [0.5, 0.6) is 0 Å². The molecule has 2 N–H and O–H groups in total. The molecule has 0 spiro atoms. The molecule has 1 aromatic rings. The number of nitrogens with zero attached hydrogens (tertiary/aromatic N) is 1. The van der Waals surface area contributed by atoms with Crippen LogP contribution in [0.2, 0.25) is 0 Å². The zero-order chi connectivity index (χ0) is 16.9. The summed E-state index contributed by atoms with van der Waals surface area (Å²) < 4.78 is 28.9. The number of hydrogen-bond acceptors (Lipinski definition) is 7. The highest BCUT2D eigenvalue weighted by Crippen LogP contribution is 2.48. The lowest BCUT2D eigenvalue weighted by Crippen LogP contribution is -2.36. The minimum absolute atomic E-state index is 0.382. The number of H-pyrrole nitrogens is 1. The van der Waals surface area contributed by atoms with E-state index in [-0.39, 0.29) is 6.10 Å². The molecule has 1 aromatic heterocycles. The maximum absolute atomic E-state index is 12.0. The van der Waals surface area contributed by atoms with Gasteiger partial charge in [-0.15, -0.1) is 0 Å². The van der Waals surface area contributed by atoms with E-state index >= 15 is 0 Å². The van der Waals surface area contributed by atoms with Gasteiger partial charge in [0, 0.05) is 38.8 Å². The fraction of sp³-hybridized carbons (Fsp3) is 0.538. The van der Waals surface area contributed by atoms with Crippen molar-refractivity contribution in [3.8, 4) is 0 Å². The van der Waals surface area contributed by atoms with Gasteiger partial charge in [0.2, 0.25) is 0 Å². The van der Waals surface area contributed by atoms with Gasteiger partial charge in [-0.2, -0.15) is 0 Å². The van der Waals surface area contributed by atoms with E-state index in [1.807, 2.05) is 0 Å². The lowest BCUT2D eigenvalue weighted by molar-refractivity contribution is -0.0232. The smallest absolute Gasteiger partial charge is 0.349 e. The van der Waals surface area contributed by atoms with Crippen LogP contribution < -0.4 is 16.6 Å². The molecule has 128 valence electrons. The predicted octanol–water partition coefficient (Wildman–Crippen LogP) is 0.413. The van der Waals surface area contributed by atoms with Crippen molar-refractivity contribution in [2.24, 2.45) is 0 Å². The third-order valence-corrected chi connectivity index (χ3v) is 4.97. The van der Waals surface area contributed by atoms with Gasteiger partial charge in [0.1, 0.15) is 0 Å². The Labute approximate surface area is 132 Å². The summed E-state index contributed by atoms with van der Waals surface area (Å²) in [4.78, 5) is 25.2. The van der Waals surface area contributed by atoms with Crippen LogP contribution in [0.3, 0.4) is 0 Å². The molecule has 1 saturated heterocycles. The third kappa shape index (κ3) is 4.73. The Morgan fingerprint density at radius 3 is 2.78 bits per heavy atom. The molecule has 0 bridgehead atoms. The lowest BCUT2D eigenvalue weighted by Gasteiger charge is -2.21. The van der Waals surface area contributed by atoms with E-state index in [0.29, 0.717) is 19.5 Å². The molecular weight excluding hydrogens is 325 g/mol. The van der Waals surface area contributed by atoms with E-state index in [1.54, 1.807) is 6.08 Å². The Balaban J connectivity index is 2.18. The fourth-order valence-corrected chi connectivity index (χ4v) is 2.94. The van der Waals surface area contributed by atoms with Crippen molar-refractivity contribution in [3.63, 3.8) is 0 Å². The molecule has 1 aliphatic heterocycles. The van der Waals surface area contributed by atoms with E-state index < -0.39 is 25.1 Å². The van der Waals surface area contributed by atoms with Crippen LogP contribution >= 0.6 is 7.60 Å². The second-order valence-electron chi connectivity index (χ2n) is 4.89. The Morgan fingerprint density at radius 2 is 2.13 bits per heavy atom. The molecule has 2 atom stereocenters. The van der Waals surface area contributed by atoms with Crippen molar-refractivity contribution in [1.29, 1.82) is 0 Å². The van der Waals surface area contributed by atoms with Crippen LogP contribution in [-0.2, 0) is 18.3 Å². The van der Waals surface area contributed by atoms with Gasteiger partial charge >= 0.3 is 13.3 Å². The Kier molecular flexibility index (Phi) is 6.09. The van der Waals surface area contributed by atoms with Gasteiger partial charge in [0.05, 0.1) is 6.10 Å². The topological polar surface area (TPSA) is 112 Å². The molecule has 0 aromatic carbocycles. The van der Waals surface area contributed by atoms with Crippen LogP contribution in [0.4, 0.5) is 0 Å². The zero-order valence-electron chi connectivity index (χ0n) is 12.9. The zero-order valence-corrected chi connectivity index (χ0v) is 13.8. The Morgan fingerprint density at radius 1 is 1.39 bits per heavy atom. The molecule has 0 aliphatic carbocycles. The summed E-state index contributed by atoms with van der Waals surface area (Å²) in [5.41, 5.74) is -1.02. The largest absolute Gasteiger partial charge is 0.353 e. The van der Waals surface area contributed by atoms with Crippen LogP contribution in [0.15, 0.2) is 33.7 Å². The first-order valence-corrected chi connectivity index (χ1v) is 8.67. The molecule has 0 saturated carbocycles. The number of aromatic nitrogens is 2. The first-order chi connectivity index (χ1) is 11.0. The number of rotatable bonds is 5. The van der Waals surface area contributed by atoms with Crippen molar-refractivity contribution in [1.82, 2.24) is 14.9 Å². The standard InChI is InChI=1S/C13H20N3O6P/c1-20-23(19,21-2)8-5-10-3-6-14-9-12(22-10)16-7-4-11(17)15-13(16)18/h4-5,7-8,10,12,14H,3,6,9H2,1-2H3,(H,15,17,18)/b8-5+. The van der Waals surface area contributed by atoms with Gasteiger partial charge in [0.15, 0.2) is 6.23 Å². The van der Waals surface area contributed by atoms with E-state index in [0.717, 1.165) is 0 Å². The Hall–Kier alpha value is -1.51. The summed E-state index contributed by atoms with van der Waals surface area (Å²) >= 11 is 0. The van der Waals surface area contributed by atoms with Gasteiger partial charge in [-0.25, -0.2) is 4.79 Å². The Bertz CT molecular complexity index is 704. The van der Waals surface area contributed by atoms with Crippen molar-refractivity contribution >= 4 is 7.60 Å². The first-order valence-electron chi connectivity index (χ1n) is 7.05. The van der Waals surface area contributed by atoms with Gasteiger partial charge < -0.3 is 19.1 Å². The summed E-state index contributed by atoms with van der Waals surface area (Å²) in [6.45, 7) is 1.07. The highest BCUT2D eigenvalue weighted by Gasteiger charge is 2.23. The van der Waals surface area contributed by atoms with Crippen LogP contribution in [0.1, 0.15) is 12.6 Å². The van der Waals surface area contributed by atoms with Gasteiger partial charge in [-0.05, 0) is 19.0 Å². The predicted molar refractivity (Wildman–Crippen MR) is 83.5 cm³/mol. The third-order valence-electron chi connectivity index (χ3n) is 3.41. The van der Waals surface area contributed by atoms with E-state index in [9.17, 15) is 14.2 Å². The molecule has 0 amide bonds. The summed E-state index contributed by atoms with van der Waals surface area (Å²) in [5, 5.41) is 3.15. The molecular formula is C13H20N3O6P. The number of hydrogen-bond donors (Lipinski definition) is 2. The maximum Gasteiger partial charge on any atom is 0.353 e. The van der Waals surface area contributed by atoms with Crippen molar-refractivity contribution in [2.45, 2.75) is 18.8 Å².